The second kappa shape index (κ2) is 7.45. The number of ether oxygens (including phenoxy) is 2. The first-order chi connectivity index (χ1) is 11.6. The van der Waals surface area contributed by atoms with Crippen LogP contribution in [0.25, 0.3) is 0 Å². The van der Waals surface area contributed by atoms with Crippen LogP contribution >= 0.6 is 0 Å². The van der Waals surface area contributed by atoms with Crippen molar-refractivity contribution in [2.75, 3.05) is 0 Å². The first-order valence-electron chi connectivity index (χ1n) is 8.26. The number of nitrogens with zero attached hydrogens (tertiary/aromatic N) is 2. The quantitative estimate of drug-likeness (QED) is 0.734. The van der Waals surface area contributed by atoms with E-state index >= 15 is 0 Å². The van der Waals surface area contributed by atoms with Gasteiger partial charge in [0.25, 0.3) is 0 Å². The van der Waals surface area contributed by atoms with Crippen molar-refractivity contribution in [1.82, 2.24) is 5.32 Å². The van der Waals surface area contributed by atoms with E-state index in [4.69, 9.17) is 9.47 Å². The highest BCUT2D eigenvalue weighted by atomic mass is 16.6. The van der Waals surface area contributed by atoms with Crippen molar-refractivity contribution in [3.8, 4) is 0 Å². The van der Waals surface area contributed by atoms with Gasteiger partial charge in [0.2, 0.25) is 6.34 Å². The Morgan fingerprint density at radius 2 is 1.69 bits per heavy atom. The SMILES string of the molecule is C[C@H](CC1=C[N+](C(=O)O)(C(=O)OC(C)(C)C)C=N1)NC(=O)OC(C)(C)C. The molecule has 0 aromatic carbocycles. The van der Waals surface area contributed by atoms with E-state index in [1.165, 1.54) is 6.20 Å². The Kier molecular flexibility index (Phi) is 6.19. The molecule has 0 saturated carbocycles. The molecule has 26 heavy (non-hydrogen) atoms. The van der Waals surface area contributed by atoms with Crippen LogP contribution in [0.4, 0.5) is 14.4 Å². The maximum absolute atomic E-state index is 12.3. The van der Waals surface area contributed by atoms with E-state index in [1.54, 1.807) is 48.5 Å². The molecular formula is C17H28N3O6+. The number of amides is 3. The summed E-state index contributed by atoms with van der Waals surface area (Å²) in [6.07, 6.45) is -0.539. The molecule has 1 unspecified atom stereocenters. The summed E-state index contributed by atoms with van der Waals surface area (Å²) in [5, 5.41) is 12.1. The Hall–Kier alpha value is -2.42. The summed E-state index contributed by atoms with van der Waals surface area (Å²) in [7, 11) is 0. The van der Waals surface area contributed by atoms with E-state index in [-0.39, 0.29) is 12.5 Å². The Balaban J connectivity index is 2.83. The van der Waals surface area contributed by atoms with Gasteiger partial charge in [0.15, 0.2) is 0 Å². The Bertz CT molecular complexity index is 642. The first kappa shape index (κ1) is 21.6. The van der Waals surface area contributed by atoms with E-state index in [0.717, 1.165) is 6.34 Å². The van der Waals surface area contributed by atoms with Gasteiger partial charge < -0.3 is 19.9 Å². The Morgan fingerprint density at radius 1 is 1.15 bits per heavy atom. The van der Waals surface area contributed by atoms with Crippen molar-refractivity contribution in [3.63, 3.8) is 0 Å². The van der Waals surface area contributed by atoms with Crippen molar-refractivity contribution < 1.29 is 33.4 Å². The lowest BCUT2D eigenvalue weighted by atomic mass is 10.2. The van der Waals surface area contributed by atoms with E-state index in [2.05, 4.69) is 10.3 Å². The fraction of sp³-hybridized carbons (Fsp3) is 0.647. The highest BCUT2D eigenvalue weighted by Gasteiger charge is 2.50. The van der Waals surface area contributed by atoms with Crippen molar-refractivity contribution in [3.05, 3.63) is 11.9 Å². The third-order valence-corrected chi connectivity index (χ3v) is 3.05. The molecule has 0 spiro atoms. The molecule has 0 aromatic rings. The van der Waals surface area contributed by atoms with E-state index < -0.39 is 34.0 Å². The van der Waals surface area contributed by atoms with Gasteiger partial charge in [-0.2, -0.15) is 9.59 Å². The van der Waals surface area contributed by atoms with Crippen molar-refractivity contribution in [2.45, 2.75) is 72.1 Å². The topological polar surface area (TPSA) is 114 Å². The average molecular weight is 370 g/mol. The minimum atomic E-state index is -1.43. The highest BCUT2D eigenvalue weighted by molar-refractivity contribution is 5.88. The molecular weight excluding hydrogens is 342 g/mol. The number of nitrogens with one attached hydrogen (secondary N) is 1. The fourth-order valence-corrected chi connectivity index (χ4v) is 2.07. The molecule has 9 nitrogen and oxygen atoms in total. The molecule has 2 atom stereocenters. The number of aliphatic imine (C=N–C) groups is 1. The van der Waals surface area contributed by atoms with E-state index in [1.807, 2.05) is 0 Å². The van der Waals surface area contributed by atoms with Gasteiger partial charge in [0.05, 0.1) is 0 Å². The standard InChI is InChI=1S/C17H27N3O6/c1-11(19-13(21)25-16(2,3)4)8-12-9-20(10-18-12,14(22)23)15(24)26-17(5,6)7/h9-11H,8H2,1-7H3,(H-,19,21,22,23)/p+1/t11-,20?/m1/s1. The monoisotopic (exact) mass is 370 g/mol. The molecule has 1 aliphatic heterocycles. The minimum Gasteiger partial charge on any atom is -0.444 e. The van der Waals surface area contributed by atoms with Crippen LogP contribution in [-0.4, -0.2) is 51.5 Å². The third kappa shape index (κ3) is 6.14. The lowest BCUT2D eigenvalue weighted by Crippen LogP contribution is -2.52. The predicted octanol–water partition coefficient (Wildman–Crippen LogP) is 3.60. The summed E-state index contributed by atoms with van der Waals surface area (Å²) in [5.41, 5.74) is -1.11. The molecule has 1 heterocycles. The number of hydrogen-bond acceptors (Lipinski definition) is 6. The van der Waals surface area contributed by atoms with Crippen molar-refractivity contribution in [2.24, 2.45) is 4.99 Å². The van der Waals surface area contributed by atoms with Crippen LogP contribution in [-0.2, 0) is 9.47 Å². The normalized spacial score (nSPS) is 21.0. The molecule has 0 fully saturated rings. The Labute approximate surface area is 153 Å². The minimum absolute atomic E-state index is 0.228. The van der Waals surface area contributed by atoms with Crippen LogP contribution in [0.15, 0.2) is 16.9 Å². The van der Waals surface area contributed by atoms with Gasteiger partial charge in [-0.1, -0.05) is 4.48 Å². The van der Waals surface area contributed by atoms with Crippen LogP contribution in [0, 0.1) is 0 Å². The van der Waals surface area contributed by atoms with Gasteiger partial charge in [-0.3, -0.25) is 0 Å². The second-order valence-electron chi connectivity index (χ2n) is 8.16. The van der Waals surface area contributed by atoms with Crippen LogP contribution in [0.2, 0.25) is 0 Å². The molecule has 0 saturated heterocycles. The molecule has 0 radical (unpaired) electrons. The summed E-state index contributed by atoms with van der Waals surface area (Å²) >= 11 is 0. The van der Waals surface area contributed by atoms with Gasteiger partial charge in [0, 0.05) is 12.5 Å². The first-order valence-corrected chi connectivity index (χ1v) is 8.26. The van der Waals surface area contributed by atoms with Crippen LogP contribution in [0.1, 0.15) is 54.9 Å². The predicted molar refractivity (Wildman–Crippen MR) is 94.5 cm³/mol. The van der Waals surface area contributed by atoms with Crippen LogP contribution in [0.3, 0.4) is 0 Å². The van der Waals surface area contributed by atoms with E-state index in [9.17, 15) is 19.5 Å². The largest absolute Gasteiger partial charge is 0.538 e. The lowest BCUT2D eigenvalue weighted by Gasteiger charge is -2.23. The number of quaternary nitrogens is 1. The fourth-order valence-electron chi connectivity index (χ4n) is 2.07. The smallest absolute Gasteiger partial charge is 0.444 e. The van der Waals surface area contributed by atoms with Crippen LogP contribution < -0.4 is 5.32 Å². The zero-order chi connectivity index (χ0) is 20.3. The maximum atomic E-state index is 12.3. The number of carboxylic acid groups (broad SMARTS) is 1. The summed E-state index contributed by atoms with van der Waals surface area (Å²) in [6, 6.07) is -0.374. The molecule has 0 aromatic heterocycles. The number of carbonyl (C=O) groups is 3. The molecule has 0 aliphatic carbocycles. The lowest BCUT2D eigenvalue weighted by molar-refractivity contribution is -0.622. The molecule has 0 bridgehead atoms. The zero-order valence-electron chi connectivity index (χ0n) is 16.3. The van der Waals surface area contributed by atoms with Gasteiger partial charge in [-0.05, 0) is 48.5 Å². The summed E-state index contributed by atoms with van der Waals surface area (Å²) in [5.74, 6) is 0. The molecule has 146 valence electrons. The third-order valence-electron chi connectivity index (χ3n) is 3.05. The van der Waals surface area contributed by atoms with Crippen molar-refractivity contribution >= 4 is 24.6 Å². The number of hydrogen-bond donors (Lipinski definition) is 2. The zero-order valence-corrected chi connectivity index (χ0v) is 16.3. The number of alkyl carbamates (subject to hydrolysis) is 1. The molecule has 1 aliphatic rings. The Morgan fingerprint density at radius 3 is 2.15 bits per heavy atom. The molecule has 3 amide bonds. The number of carbonyl (C=O) groups excluding carboxylic acids is 2. The van der Waals surface area contributed by atoms with Gasteiger partial charge in [0.1, 0.15) is 23.1 Å². The summed E-state index contributed by atoms with van der Waals surface area (Å²) in [4.78, 5) is 39.8. The molecule has 9 heteroatoms. The summed E-state index contributed by atoms with van der Waals surface area (Å²) < 4.78 is 9.18. The summed E-state index contributed by atoms with van der Waals surface area (Å²) in [6.45, 7) is 11.9. The van der Waals surface area contributed by atoms with E-state index in [0.29, 0.717) is 5.70 Å². The molecule has 1 rings (SSSR count). The highest BCUT2D eigenvalue weighted by Crippen LogP contribution is 2.24. The van der Waals surface area contributed by atoms with Gasteiger partial charge in [-0.15, -0.1) is 0 Å². The van der Waals surface area contributed by atoms with Crippen molar-refractivity contribution in [1.29, 1.82) is 0 Å². The van der Waals surface area contributed by atoms with Gasteiger partial charge >= 0.3 is 18.3 Å². The second-order valence-corrected chi connectivity index (χ2v) is 8.16. The molecule has 2 N–H and O–H groups in total. The number of rotatable bonds is 3. The number of imide groups is 1. The maximum Gasteiger partial charge on any atom is 0.538 e. The van der Waals surface area contributed by atoms with Gasteiger partial charge in [-0.25, -0.2) is 9.79 Å². The van der Waals surface area contributed by atoms with Crippen LogP contribution in [0.5, 0.6) is 0 Å². The average Bonchev–Trinajstić information content (AvgIpc) is 2.79.